The Morgan fingerprint density at radius 2 is 2.00 bits per heavy atom. The third kappa shape index (κ3) is 2.82. The number of carbonyl (C=O) groups excluding carboxylic acids is 1. The van der Waals surface area contributed by atoms with E-state index in [-0.39, 0.29) is 21.1 Å². The van der Waals surface area contributed by atoms with Crippen LogP contribution in [0.2, 0.25) is 0 Å². The first kappa shape index (κ1) is 15.2. The van der Waals surface area contributed by atoms with Gasteiger partial charge in [0.2, 0.25) is 5.91 Å². The van der Waals surface area contributed by atoms with Crippen LogP contribution in [0.4, 0.5) is 18.9 Å². The molecule has 0 aliphatic rings. The third-order valence-electron chi connectivity index (χ3n) is 2.59. The van der Waals surface area contributed by atoms with Crippen LogP contribution in [0, 0.1) is 6.92 Å². The highest BCUT2D eigenvalue weighted by molar-refractivity contribution is 7.21. The van der Waals surface area contributed by atoms with Crippen molar-refractivity contribution < 1.29 is 27.9 Å². The average Bonchev–Trinajstić information content (AvgIpc) is 2.64. The zero-order valence-corrected chi connectivity index (χ0v) is 11.6. The highest BCUT2D eigenvalue weighted by Gasteiger charge is 2.36. The van der Waals surface area contributed by atoms with Crippen LogP contribution in [0.3, 0.4) is 0 Å². The van der Waals surface area contributed by atoms with E-state index >= 15 is 0 Å². The number of thiophene rings is 1. The summed E-state index contributed by atoms with van der Waals surface area (Å²) >= 11 is 0.593. The first-order valence-corrected chi connectivity index (χ1v) is 6.45. The van der Waals surface area contributed by atoms with Crippen LogP contribution >= 0.6 is 11.3 Å². The zero-order chi connectivity index (χ0) is 15.9. The van der Waals surface area contributed by atoms with Crippen LogP contribution in [-0.4, -0.2) is 22.0 Å². The number of aryl methyl sites for hydroxylation is 1. The van der Waals surface area contributed by atoms with Gasteiger partial charge < -0.3 is 10.4 Å². The fourth-order valence-corrected chi connectivity index (χ4v) is 2.93. The number of aromatic carboxylic acids is 1. The number of hydrogen-bond acceptors (Lipinski definition) is 4. The monoisotopic (exact) mass is 318 g/mol. The lowest BCUT2D eigenvalue weighted by atomic mass is 10.1. The molecule has 0 unspecified atom stereocenters. The zero-order valence-electron chi connectivity index (χ0n) is 10.8. The summed E-state index contributed by atoms with van der Waals surface area (Å²) in [5.74, 6) is -2.08. The molecule has 2 rings (SSSR count). The minimum atomic E-state index is -4.68. The van der Waals surface area contributed by atoms with Gasteiger partial charge >= 0.3 is 12.1 Å². The molecule has 0 bridgehead atoms. The highest BCUT2D eigenvalue weighted by Crippen LogP contribution is 2.43. The van der Waals surface area contributed by atoms with Gasteiger partial charge in [0.1, 0.15) is 9.71 Å². The van der Waals surface area contributed by atoms with Crippen molar-refractivity contribution in [3.8, 4) is 0 Å². The van der Waals surface area contributed by atoms with E-state index in [0.717, 1.165) is 13.0 Å². The topological polar surface area (TPSA) is 79.3 Å². The molecule has 0 saturated carbocycles. The summed E-state index contributed by atoms with van der Waals surface area (Å²) in [6.45, 7) is 2.47. The molecule has 0 aliphatic carbocycles. The fraction of sp³-hybridized carbons (Fsp3) is 0.250. The maximum atomic E-state index is 13.1. The Balaban J connectivity index is 2.91. The minimum absolute atomic E-state index is 0.0801. The molecule has 112 valence electrons. The van der Waals surface area contributed by atoms with Gasteiger partial charge in [-0.25, -0.2) is 9.78 Å². The number of alkyl halides is 3. The van der Waals surface area contributed by atoms with Gasteiger partial charge in [-0.3, -0.25) is 4.79 Å². The third-order valence-corrected chi connectivity index (χ3v) is 3.66. The van der Waals surface area contributed by atoms with Crippen LogP contribution in [0.5, 0.6) is 0 Å². The van der Waals surface area contributed by atoms with Crippen molar-refractivity contribution in [1.29, 1.82) is 0 Å². The van der Waals surface area contributed by atoms with Crippen LogP contribution in [-0.2, 0) is 11.0 Å². The van der Waals surface area contributed by atoms with Gasteiger partial charge in [0, 0.05) is 18.0 Å². The van der Waals surface area contributed by atoms with Crippen molar-refractivity contribution in [3.63, 3.8) is 0 Å². The average molecular weight is 318 g/mol. The van der Waals surface area contributed by atoms with Crippen molar-refractivity contribution in [2.45, 2.75) is 20.0 Å². The second kappa shape index (κ2) is 4.99. The Morgan fingerprint density at radius 3 is 2.48 bits per heavy atom. The summed E-state index contributed by atoms with van der Waals surface area (Å²) in [6.07, 6.45) is -4.68. The summed E-state index contributed by atoms with van der Waals surface area (Å²) in [5.41, 5.74) is -1.27. The number of hydrogen-bond donors (Lipinski definition) is 2. The number of amides is 1. The molecule has 5 nitrogen and oxygen atoms in total. The number of pyridine rings is 1. The smallest absolute Gasteiger partial charge is 0.417 e. The van der Waals surface area contributed by atoms with E-state index < -0.39 is 29.0 Å². The van der Waals surface area contributed by atoms with Gasteiger partial charge in [-0.15, -0.1) is 11.3 Å². The predicted octanol–water partition coefficient (Wildman–Crippen LogP) is 3.28. The van der Waals surface area contributed by atoms with E-state index in [4.69, 9.17) is 5.11 Å². The molecule has 9 heteroatoms. The molecule has 0 spiro atoms. The number of carboxylic acids is 1. The number of anilines is 1. The minimum Gasteiger partial charge on any atom is -0.477 e. The number of rotatable bonds is 2. The quantitative estimate of drug-likeness (QED) is 0.890. The van der Waals surface area contributed by atoms with Gasteiger partial charge in [0.15, 0.2) is 0 Å². The Kier molecular flexibility index (Phi) is 3.62. The van der Waals surface area contributed by atoms with Crippen molar-refractivity contribution in [2.75, 3.05) is 5.32 Å². The van der Waals surface area contributed by atoms with Crippen molar-refractivity contribution >= 4 is 39.1 Å². The van der Waals surface area contributed by atoms with Crippen LogP contribution in [0.1, 0.15) is 27.9 Å². The second-order valence-corrected chi connectivity index (χ2v) is 5.28. The molecule has 2 heterocycles. The SMILES string of the molecule is CC(=O)Nc1c(C(=O)O)sc2nc(C)cc(C(F)(F)F)c12. The van der Waals surface area contributed by atoms with E-state index in [2.05, 4.69) is 10.3 Å². The number of halogens is 3. The van der Waals surface area contributed by atoms with Gasteiger partial charge in [0.25, 0.3) is 0 Å². The lowest BCUT2D eigenvalue weighted by Crippen LogP contribution is -2.12. The first-order chi connectivity index (χ1) is 9.61. The lowest BCUT2D eigenvalue weighted by molar-refractivity contribution is -0.136. The molecule has 0 saturated heterocycles. The van der Waals surface area contributed by atoms with E-state index in [1.165, 1.54) is 6.92 Å². The molecule has 0 aromatic carbocycles. The van der Waals surface area contributed by atoms with Crippen LogP contribution in [0.25, 0.3) is 10.2 Å². The largest absolute Gasteiger partial charge is 0.477 e. The molecule has 0 fully saturated rings. The highest BCUT2D eigenvalue weighted by atomic mass is 32.1. The molecule has 1 amide bonds. The van der Waals surface area contributed by atoms with Crippen LogP contribution < -0.4 is 5.32 Å². The number of nitrogens with one attached hydrogen (secondary N) is 1. The van der Waals surface area contributed by atoms with E-state index in [0.29, 0.717) is 11.3 Å². The van der Waals surface area contributed by atoms with Gasteiger partial charge in [-0.1, -0.05) is 0 Å². The Labute approximate surface area is 120 Å². The molecule has 0 atom stereocenters. The summed E-state index contributed by atoms with van der Waals surface area (Å²) < 4.78 is 39.4. The summed E-state index contributed by atoms with van der Waals surface area (Å²) in [6, 6.07) is 0.825. The van der Waals surface area contributed by atoms with Gasteiger partial charge in [-0.2, -0.15) is 13.2 Å². The van der Waals surface area contributed by atoms with Crippen molar-refractivity contribution in [3.05, 3.63) is 22.2 Å². The molecular weight excluding hydrogens is 309 g/mol. The first-order valence-electron chi connectivity index (χ1n) is 5.63. The van der Waals surface area contributed by atoms with E-state index in [9.17, 15) is 22.8 Å². The molecule has 2 aromatic heterocycles. The predicted molar refractivity (Wildman–Crippen MR) is 70.6 cm³/mol. The number of nitrogens with zero attached hydrogens (tertiary/aromatic N) is 1. The fourth-order valence-electron chi connectivity index (χ4n) is 1.89. The molecule has 21 heavy (non-hydrogen) atoms. The second-order valence-electron chi connectivity index (χ2n) is 4.28. The number of fused-ring (bicyclic) bond motifs is 1. The lowest BCUT2D eigenvalue weighted by Gasteiger charge is -2.11. The standard InChI is InChI=1S/C12H9F3N2O3S/c1-4-3-6(12(13,14)15)7-8(17-5(2)18)9(11(19)20)21-10(7)16-4/h3H,1-2H3,(H,17,18)(H,19,20). The molecule has 2 N–H and O–H groups in total. The Bertz CT molecular complexity index is 752. The van der Waals surface area contributed by atoms with Crippen molar-refractivity contribution in [1.82, 2.24) is 4.98 Å². The van der Waals surface area contributed by atoms with E-state index in [1.807, 2.05) is 0 Å². The number of aromatic nitrogens is 1. The normalized spacial score (nSPS) is 11.7. The molecule has 2 aromatic rings. The molecule has 0 radical (unpaired) electrons. The Hall–Kier alpha value is -2.16. The van der Waals surface area contributed by atoms with Crippen molar-refractivity contribution in [2.24, 2.45) is 0 Å². The maximum Gasteiger partial charge on any atom is 0.417 e. The van der Waals surface area contributed by atoms with Gasteiger partial charge in [-0.05, 0) is 13.0 Å². The molecule has 0 aliphatic heterocycles. The van der Waals surface area contributed by atoms with Crippen LogP contribution in [0.15, 0.2) is 6.07 Å². The number of carbonyl (C=O) groups is 2. The Morgan fingerprint density at radius 1 is 1.38 bits per heavy atom. The summed E-state index contributed by atoms with van der Waals surface area (Å²) in [4.78, 5) is 25.8. The van der Waals surface area contributed by atoms with Gasteiger partial charge in [0.05, 0.1) is 11.3 Å². The maximum absolute atomic E-state index is 13.1. The summed E-state index contributed by atoms with van der Waals surface area (Å²) in [7, 11) is 0. The summed E-state index contributed by atoms with van der Waals surface area (Å²) in [5, 5.41) is 10.9. The van der Waals surface area contributed by atoms with E-state index in [1.54, 1.807) is 0 Å². The molecular formula is C12H9F3N2O3S. The number of carboxylic acid groups (broad SMARTS) is 1.